The second kappa shape index (κ2) is 8.26. The number of aromatic amines is 1. The van der Waals surface area contributed by atoms with Crippen LogP contribution in [0.1, 0.15) is 13.3 Å². The van der Waals surface area contributed by atoms with E-state index >= 15 is 0 Å². The Labute approximate surface area is 165 Å². The number of carbonyl (C=O) groups excluding carboxylic acids is 1. The minimum Gasteiger partial charge on any atom is -0.492 e. The normalized spacial score (nSPS) is 11.0. The molecule has 0 saturated carbocycles. The van der Waals surface area contributed by atoms with Gasteiger partial charge in [0.2, 0.25) is 11.1 Å². The molecule has 0 fully saturated rings. The van der Waals surface area contributed by atoms with Gasteiger partial charge in [0.15, 0.2) is 5.65 Å². The predicted octanol–water partition coefficient (Wildman–Crippen LogP) is 4.03. The summed E-state index contributed by atoms with van der Waals surface area (Å²) in [6, 6.07) is 15.3. The summed E-state index contributed by atoms with van der Waals surface area (Å²) in [6.07, 6.45) is 0.333. The van der Waals surface area contributed by atoms with Gasteiger partial charge in [-0.1, -0.05) is 42.1 Å². The van der Waals surface area contributed by atoms with Crippen molar-refractivity contribution in [3.05, 3.63) is 48.5 Å². The molecule has 0 unspecified atom stereocenters. The number of benzene rings is 2. The van der Waals surface area contributed by atoms with E-state index in [4.69, 9.17) is 4.74 Å². The van der Waals surface area contributed by atoms with Crippen LogP contribution < -0.4 is 10.1 Å². The lowest BCUT2D eigenvalue weighted by atomic mass is 10.2. The van der Waals surface area contributed by atoms with Crippen LogP contribution in [0.5, 0.6) is 5.75 Å². The number of thioether (sulfide) groups is 1. The maximum absolute atomic E-state index is 12.2. The van der Waals surface area contributed by atoms with Crippen LogP contribution in [-0.4, -0.2) is 38.4 Å². The summed E-state index contributed by atoms with van der Waals surface area (Å²) in [5, 5.41) is 12.9. The van der Waals surface area contributed by atoms with E-state index in [0.29, 0.717) is 41.0 Å². The highest BCUT2D eigenvalue weighted by atomic mass is 32.2. The van der Waals surface area contributed by atoms with E-state index in [1.54, 1.807) is 0 Å². The van der Waals surface area contributed by atoms with E-state index in [-0.39, 0.29) is 5.91 Å². The van der Waals surface area contributed by atoms with Crippen molar-refractivity contribution >= 4 is 45.4 Å². The lowest BCUT2D eigenvalue weighted by Gasteiger charge is -2.10. The van der Waals surface area contributed by atoms with Gasteiger partial charge in [-0.15, -0.1) is 10.2 Å². The lowest BCUT2D eigenvalue weighted by Crippen LogP contribution is -2.13. The highest BCUT2D eigenvalue weighted by Crippen LogP contribution is 2.25. The molecule has 0 aliphatic heterocycles. The smallest absolute Gasteiger partial charge is 0.225 e. The van der Waals surface area contributed by atoms with E-state index in [9.17, 15) is 4.79 Å². The Morgan fingerprint density at radius 1 is 1.14 bits per heavy atom. The van der Waals surface area contributed by atoms with E-state index < -0.39 is 0 Å². The number of H-pyrrole nitrogens is 1. The molecule has 0 aliphatic rings. The zero-order valence-corrected chi connectivity index (χ0v) is 16.1. The van der Waals surface area contributed by atoms with Gasteiger partial charge in [-0.25, -0.2) is 4.98 Å². The first kappa shape index (κ1) is 18.2. The highest BCUT2D eigenvalue weighted by Gasteiger charge is 2.11. The molecule has 2 heterocycles. The van der Waals surface area contributed by atoms with Crippen LogP contribution in [0.4, 0.5) is 5.69 Å². The van der Waals surface area contributed by atoms with Crippen LogP contribution in [0.25, 0.3) is 22.1 Å². The van der Waals surface area contributed by atoms with Crippen LogP contribution in [0.2, 0.25) is 0 Å². The molecule has 28 heavy (non-hydrogen) atoms. The average molecular weight is 393 g/mol. The summed E-state index contributed by atoms with van der Waals surface area (Å²) in [5.41, 5.74) is 3.12. The Bertz CT molecular complexity index is 1130. The Balaban J connectivity index is 1.37. The van der Waals surface area contributed by atoms with Gasteiger partial charge in [-0.2, -0.15) is 0 Å². The number of ether oxygens (including phenoxy) is 1. The van der Waals surface area contributed by atoms with E-state index in [1.807, 2.05) is 55.5 Å². The molecule has 0 saturated heterocycles. The van der Waals surface area contributed by atoms with Gasteiger partial charge >= 0.3 is 0 Å². The summed E-state index contributed by atoms with van der Waals surface area (Å²) in [7, 11) is 0. The topological polar surface area (TPSA) is 92.8 Å². The minimum absolute atomic E-state index is 0.0840. The Kier molecular flexibility index (Phi) is 5.38. The molecule has 0 spiro atoms. The molecule has 0 aliphatic carbocycles. The van der Waals surface area contributed by atoms with Crippen molar-refractivity contribution in [2.45, 2.75) is 18.5 Å². The van der Waals surface area contributed by atoms with Crippen LogP contribution in [0, 0.1) is 0 Å². The quantitative estimate of drug-likeness (QED) is 0.461. The van der Waals surface area contributed by atoms with Crippen LogP contribution >= 0.6 is 11.8 Å². The Morgan fingerprint density at radius 2 is 1.96 bits per heavy atom. The lowest BCUT2D eigenvalue weighted by molar-refractivity contribution is -0.115. The third-order valence-electron chi connectivity index (χ3n) is 4.12. The largest absolute Gasteiger partial charge is 0.492 e. The second-order valence-electron chi connectivity index (χ2n) is 6.04. The molecule has 142 valence electrons. The fourth-order valence-corrected chi connectivity index (χ4v) is 3.59. The third-order valence-corrected chi connectivity index (χ3v) is 4.96. The van der Waals surface area contributed by atoms with Crippen molar-refractivity contribution in [2.75, 3.05) is 17.7 Å². The van der Waals surface area contributed by atoms with Crippen molar-refractivity contribution in [1.82, 2.24) is 20.2 Å². The predicted molar refractivity (Wildman–Crippen MR) is 111 cm³/mol. The summed E-state index contributed by atoms with van der Waals surface area (Å²) in [4.78, 5) is 20.0. The fourth-order valence-electron chi connectivity index (χ4n) is 2.87. The molecule has 7 nitrogen and oxygen atoms in total. The van der Waals surface area contributed by atoms with Crippen molar-refractivity contribution < 1.29 is 9.53 Å². The SMILES string of the molecule is CCOc1ccccc1NC(=O)CCSc1nnc2c(n1)[nH]c1ccccc12. The summed E-state index contributed by atoms with van der Waals surface area (Å²) < 4.78 is 5.53. The van der Waals surface area contributed by atoms with E-state index in [0.717, 1.165) is 16.4 Å². The summed E-state index contributed by atoms with van der Waals surface area (Å²) in [6.45, 7) is 2.45. The van der Waals surface area contributed by atoms with Gasteiger partial charge < -0.3 is 15.0 Å². The standard InChI is InChI=1S/C20H19N5O2S/c1-2-27-16-10-6-5-9-15(16)21-17(26)11-12-28-20-23-19-18(24-25-20)13-7-3-4-8-14(13)22-19/h3-10H,2,11-12H2,1H3,(H,21,26)(H,22,23,25). The maximum atomic E-state index is 12.2. The molecule has 4 aromatic rings. The Morgan fingerprint density at radius 3 is 2.86 bits per heavy atom. The van der Waals surface area contributed by atoms with Gasteiger partial charge in [-0.05, 0) is 25.1 Å². The number of rotatable bonds is 7. The second-order valence-corrected chi connectivity index (χ2v) is 7.10. The molecule has 4 rings (SSSR count). The number of amides is 1. The molecule has 2 aromatic carbocycles. The van der Waals surface area contributed by atoms with Gasteiger partial charge in [0.05, 0.1) is 12.3 Å². The molecule has 0 radical (unpaired) electrons. The number of hydrogen-bond acceptors (Lipinski definition) is 6. The maximum Gasteiger partial charge on any atom is 0.225 e. The number of anilines is 1. The number of carbonyl (C=O) groups is 1. The van der Waals surface area contributed by atoms with Gasteiger partial charge in [0.25, 0.3) is 0 Å². The number of hydrogen-bond donors (Lipinski definition) is 2. The zero-order valence-electron chi connectivity index (χ0n) is 15.3. The van der Waals surface area contributed by atoms with Crippen molar-refractivity contribution in [2.24, 2.45) is 0 Å². The molecule has 1 amide bonds. The first-order valence-corrected chi connectivity index (χ1v) is 9.99. The summed E-state index contributed by atoms with van der Waals surface area (Å²) >= 11 is 1.40. The van der Waals surface area contributed by atoms with Crippen LogP contribution in [-0.2, 0) is 4.79 Å². The molecule has 2 N–H and O–H groups in total. The van der Waals surface area contributed by atoms with Gasteiger partial charge in [-0.3, -0.25) is 4.79 Å². The third kappa shape index (κ3) is 3.91. The van der Waals surface area contributed by atoms with E-state index in [2.05, 4.69) is 25.5 Å². The summed E-state index contributed by atoms with van der Waals surface area (Å²) in [5.74, 6) is 1.14. The zero-order chi connectivity index (χ0) is 19.3. The van der Waals surface area contributed by atoms with Crippen LogP contribution in [0.15, 0.2) is 53.7 Å². The number of nitrogens with zero attached hydrogens (tertiary/aromatic N) is 3. The fraction of sp³-hybridized carbons (Fsp3) is 0.200. The first-order chi connectivity index (χ1) is 13.7. The molecular formula is C20H19N5O2S. The molecule has 2 aromatic heterocycles. The molecular weight excluding hydrogens is 374 g/mol. The van der Waals surface area contributed by atoms with E-state index in [1.165, 1.54) is 11.8 Å². The first-order valence-electron chi connectivity index (χ1n) is 9.00. The van der Waals surface area contributed by atoms with Crippen molar-refractivity contribution in [3.63, 3.8) is 0 Å². The number of nitrogens with one attached hydrogen (secondary N) is 2. The van der Waals surface area contributed by atoms with Gasteiger partial charge in [0, 0.05) is 23.1 Å². The monoisotopic (exact) mass is 393 g/mol. The van der Waals surface area contributed by atoms with Crippen LogP contribution in [0.3, 0.4) is 0 Å². The molecule has 0 bridgehead atoms. The highest BCUT2D eigenvalue weighted by molar-refractivity contribution is 7.99. The minimum atomic E-state index is -0.0840. The molecule has 0 atom stereocenters. The number of fused-ring (bicyclic) bond motifs is 3. The van der Waals surface area contributed by atoms with Gasteiger partial charge in [0.1, 0.15) is 11.3 Å². The number of aromatic nitrogens is 4. The number of para-hydroxylation sites is 3. The average Bonchev–Trinajstić information content (AvgIpc) is 3.07. The Hall–Kier alpha value is -3.13. The molecule has 8 heteroatoms. The van der Waals surface area contributed by atoms with Crippen molar-refractivity contribution in [3.8, 4) is 5.75 Å². The van der Waals surface area contributed by atoms with Crippen molar-refractivity contribution in [1.29, 1.82) is 0 Å².